The molecule has 0 atom stereocenters. The van der Waals surface area contributed by atoms with Crippen molar-refractivity contribution in [3.63, 3.8) is 0 Å². The van der Waals surface area contributed by atoms with E-state index in [-0.39, 0.29) is 34.6 Å². The highest BCUT2D eigenvalue weighted by atomic mass is 127. The van der Waals surface area contributed by atoms with Gasteiger partial charge in [-0.1, -0.05) is 0 Å². The van der Waals surface area contributed by atoms with E-state index in [1.54, 1.807) is 13.8 Å². The Morgan fingerprint density at radius 1 is 1.36 bits per heavy atom. The summed E-state index contributed by atoms with van der Waals surface area (Å²) >= 11 is 0. The molecule has 0 saturated heterocycles. The second kappa shape index (κ2) is 4.68. The average molecular weight is 308 g/mol. The summed E-state index contributed by atoms with van der Waals surface area (Å²) in [7, 11) is 1.83. The van der Waals surface area contributed by atoms with Crippen LogP contribution in [0.25, 0.3) is 0 Å². The highest BCUT2D eigenvalue weighted by Crippen LogP contribution is 2.19. The van der Waals surface area contributed by atoms with E-state index in [2.05, 4.69) is 0 Å². The number of aromatic nitrogens is 1. The minimum Gasteiger partial charge on any atom is -1.00 e. The Bertz CT molecular complexity index is 378. The first-order valence-corrected chi connectivity index (χ1v) is 4.06. The maximum absolute atomic E-state index is 10.7. The van der Waals surface area contributed by atoms with Gasteiger partial charge in [0.15, 0.2) is 5.69 Å². The lowest BCUT2D eigenvalue weighted by Gasteiger charge is -2.01. The maximum atomic E-state index is 10.7. The fourth-order valence-electron chi connectivity index (χ4n) is 1.46. The Labute approximate surface area is 100 Å². The van der Waals surface area contributed by atoms with E-state index in [0.717, 1.165) is 11.3 Å². The highest BCUT2D eigenvalue weighted by Gasteiger charge is 2.23. The Morgan fingerprint density at radius 3 is 2.29 bits per heavy atom. The van der Waals surface area contributed by atoms with Gasteiger partial charge >= 0.3 is 5.69 Å². The molecule has 5 heteroatoms. The minimum atomic E-state index is -0.329. The number of nitrogens with zero attached hydrogens (tertiary/aromatic N) is 2. The molecule has 1 heterocycles. The van der Waals surface area contributed by atoms with Gasteiger partial charge in [-0.05, 0) is 6.92 Å². The predicted molar refractivity (Wildman–Crippen MR) is 48.5 cm³/mol. The van der Waals surface area contributed by atoms with E-state index in [9.17, 15) is 10.1 Å². The third-order valence-electron chi connectivity index (χ3n) is 2.36. The number of pyridine rings is 1. The lowest BCUT2D eigenvalue weighted by molar-refractivity contribution is -0.686. The normalized spacial score (nSPS) is 9.43. The Morgan fingerprint density at radius 2 is 1.86 bits per heavy atom. The summed E-state index contributed by atoms with van der Waals surface area (Å²) < 4.78 is 1.82. The summed E-state index contributed by atoms with van der Waals surface area (Å²) in [6, 6.07) is 1.82. The van der Waals surface area contributed by atoms with E-state index in [1.807, 2.05) is 24.6 Å². The van der Waals surface area contributed by atoms with Crippen LogP contribution in [-0.2, 0) is 7.05 Å². The summed E-state index contributed by atoms with van der Waals surface area (Å²) in [5.41, 5.74) is 2.66. The summed E-state index contributed by atoms with van der Waals surface area (Å²) in [5.74, 6) is 0. The molecule has 0 N–H and O–H groups in total. The second-order valence-corrected chi connectivity index (χ2v) is 3.22. The van der Waals surface area contributed by atoms with E-state index in [1.165, 1.54) is 0 Å². The van der Waals surface area contributed by atoms with Crippen LogP contribution in [0.15, 0.2) is 6.07 Å². The van der Waals surface area contributed by atoms with Crippen LogP contribution in [0.4, 0.5) is 5.69 Å². The summed E-state index contributed by atoms with van der Waals surface area (Å²) in [5, 5.41) is 10.7. The molecule has 0 amide bonds. The van der Waals surface area contributed by atoms with Gasteiger partial charge in [-0.3, -0.25) is 10.1 Å². The maximum Gasteiger partial charge on any atom is 0.338 e. The first-order chi connectivity index (χ1) is 5.95. The predicted octanol–water partition coefficient (Wildman–Crippen LogP) is -1.65. The number of hydrogen-bond acceptors (Lipinski definition) is 2. The van der Waals surface area contributed by atoms with Crippen LogP contribution in [0.2, 0.25) is 0 Å². The number of rotatable bonds is 1. The Balaban J connectivity index is 0.00000169. The Hall–Kier alpha value is -0.720. The summed E-state index contributed by atoms with van der Waals surface area (Å²) in [6.07, 6.45) is 0. The first-order valence-electron chi connectivity index (χ1n) is 4.06. The van der Waals surface area contributed by atoms with Crippen molar-refractivity contribution in [1.82, 2.24) is 0 Å². The lowest BCUT2D eigenvalue weighted by Crippen LogP contribution is -3.00. The molecule has 14 heavy (non-hydrogen) atoms. The average Bonchev–Trinajstić information content (AvgIpc) is 1.99. The molecule has 0 aliphatic heterocycles. The van der Waals surface area contributed by atoms with Crippen LogP contribution >= 0.6 is 0 Å². The van der Waals surface area contributed by atoms with E-state index < -0.39 is 0 Å². The van der Waals surface area contributed by atoms with Crippen molar-refractivity contribution in [2.24, 2.45) is 7.05 Å². The van der Waals surface area contributed by atoms with Crippen molar-refractivity contribution >= 4 is 5.69 Å². The number of hydrogen-bond donors (Lipinski definition) is 0. The molecule has 78 valence electrons. The zero-order valence-electron chi connectivity index (χ0n) is 8.67. The number of aryl methyl sites for hydroxylation is 2. The van der Waals surface area contributed by atoms with Gasteiger partial charge in [-0.15, -0.1) is 0 Å². The van der Waals surface area contributed by atoms with Crippen molar-refractivity contribution in [1.29, 1.82) is 0 Å². The number of nitro groups is 1. The van der Waals surface area contributed by atoms with Gasteiger partial charge in [-0.2, -0.15) is 4.57 Å². The van der Waals surface area contributed by atoms with Crippen LogP contribution in [0.3, 0.4) is 0 Å². The van der Waals surface area contributed by atoms with Crippen molar-refractivity contribution in [3.05, 3.63) is 33.1 Å². The molecule has 1 rings (SSSR count). The van der Waals surface area contributed by atoms with Gasteiger partial charge in [0, 0.05) is 25.5 Å². The largest absolute Gasteiger partial charge is 1.00 e. The molecule has 1 aromatic rings. The van der Waals surface area contributed by atoms with Crippen LogP contribution in [0.1, 0.15) is 17.0 Å². The van der Waals surface area contributed by atoms with Gasteiger partial charge in [0.25, 0.3) is 5.69 Å². The molecule has 0 aromatic carbocycles. The van der Waals surface area contributed by atoms with Gasteiger partial charge in [0.05, 0.1) is 4.92 Å². The zero-order chi connectivity index (χ0) is 10.2. The van der Waals surface area contributed by atoms with E-state index in [4.69, 9.17) is 0 Å². The molecule has 4 nitrogen and oxygen atoms in total. The first kappa shape index (κ1) is 13.3. The Kier molecular flexibility index (Phi) is 4.44. The van der Waals surface area contributed by atoms with Crippen molar-refractivity contribution < 1.29 is 33.5 Å². The second-order valence-electron chi connectivity index (χ2n) is 3.22. The smallest absolute Gasteiger partial charge is 0.338 e. The fourth-order valence-corrected chi connectivity index (χ4v) is 1.46. The van der Waals surface area contributed by atoms with Gasteiger partial charge < -0.3 is 24.0 Å². The molecule has 0 unspecified atom stereocenters. The third kappa shape index (κ3) is 2.20. The van der Waals surface area contributed by atoms with Crippen LogP contribution in [-0.4, -0.2) is 4.92 Å². The fraction of sp³-hybridized carbons (Fsp3) is 0.444. The van der Waals surface area contributed by atoms with Crippen LogP contribution in [0.5, 0.6) is 0 Å². The molecule has 0 bridgehead atoms. The SMILES string of the molecule is Cc1cc(C)[n+](C)c(C)c1[N+](=O)[O-].[I-]. The van der Waals surface area contributed by atoms with Crippen LogP contribution in [0, 0.1) is 30.9 Å². The third-order valence-corrected chi connectivity index (χ3v) is 2.36. The molecule has 0 saturated carbocycles. The molecular formula is C9H13IN2O2. The monoisotopic (exact) mass is 308 g/mol. The minimum absolute atomic E-state index is 0. The molecule has 0 fully saturated rings. The quantitative estimate of drug-likeness (QED) is 0.270. The van der Waals surface area contributed by atoms with Gasteiger partial charge in [0.1, 0.15) is 7.05 Å². The van der Waals surface area contributed by atoms with Gasteiger partial charge in [0.2, 0.25) is 0 Å². The van der Waals surface area contributed by atoms with Gasteiger partial charge in [-0.25, -0.2) is 0 Å². The summed E-state index contributed by atoms with van der Waals surface area (Å²) in [6.45, 7) is 5.46. The lowest BCUT2D eigenvalue weighted by atomic mass is 10.1. The topological polar surface area (TPSA) is 47.0 Å². The standard InChI is InChI=1S/C9H13N2O2.HI/c1-6-5-7(2)10(4)8(3)9(6)11(12)13;/h5H,1-4H3;1H/q+1;/p-1. The highest BCUT2D eigenvalue weighted by molar-refractivity contribution is 5.40. The summed E-state index contributed by atoms with van der Waals surface area (Å²) in [4.78, 5) is 10.4. The number of halogens is 1. The van der Waals surface area contributed by atoms with Crippen molar-refractivity contribution in [2.75, 3.05) is 0 Å². The molecule has 0 aliphatic rings. The molecule has 1 aromatic heterocycles. The van der Waals surface area contributed by atoms with Crippen molar-refractivity contribution in [3.8, 4) is 0 Å². The van der Waals surface area contributed by atoms with Crippen molar-refractivity contribution in [2.45, 2.75) is 20.8 Å². The van der Waals surface area contributed by atoms with Crippen LogP contribution < -0.4 is 28.5 Å². The molecular weight excluding hydrogens is 295 g/mol. The molecule has 0 radical (unpaired) electrons. The molecule has 0 spiro atoms. The zero-order valence-corrected chi connectivity index (χ0v) is 10.8. The molecule has 0 aliphatic carbocycles. The van der Waals surface area contributed by atoms with E-state index in [0.29, 0.717) is 5.69 Å². The van der Waals surface area contributed by atoms with E-state index >= 15 is 0 Å².